The molecule has 0 unspecified atom stereocenters. The molecule has 1 saturated heterocycles. The zero-order valence-electron chi connectivity index (χ0n) is 14.4. The summed E-state index contributed by atoms with van der Waals surface area (Å²) >= 11 is 1.78. The first-order chi connectivity index (χ1) is 11.5. The van der Waals surface area contributed by atoms with E-state index in [4.69, 9.17) is 4.52 Å². The molecule has 130 valence electrons. The van der Waals surface area contributed by atoms with E-state index in [0.717, 1.165) is 38.4 Å². The first-order valence-corrected chi connectivity index (χ1v) is 9.08. The smallest absolute Gasteiger partial charge is 0.317 e. The molecule has 0 bridgehead atoms. The Morgan fingerprint density at radius 3 is 2.71 bits per heavy atom. The molecule has 2 aromatic rings. The molecule has 1 aliphatic heterocycles. The maximum absolute atomic E-state index is 12.5. The quantitative estimate of drug-likeness (QED) is 0.923. The number of carbonyl (C=O) groups is 1. The largest absolute Gasteiger partial charge is 0.364 e. The van der Waals surface area contributed by atoms with Gasteiger partial charge in [-0.2, -0.15) is 0 Å². The Hall–Kier alpha value is -1.86. The normalized spacial score (nSPS) is 17.0. The van der Waals surface area contributed by atoms with Crippen molar-refractivity contribution in [2.75, 3.05) is 26.2 Å². The van der Waals surface area contributed by atoms with Crippen LogP contribution in [-0.2, 0) is 6.54 Å². The summed E-state index contributed by atoms with van der Waals surface area (Å²) < 4.78 is 4.86. The standard InChI is InChI=1S/C17H24N4O2S/c1-12-10-16(14(3)24-12)13(2)18-17(22)21-7-5-20(6-8-21)11-15-4-9-23-19-15/h4,9-10,13H,5-8,11H2,1-3H3,(H,18,22)/t13-/m1/s1. The molecule has 24 heavy (non-hydrogen) atoms. The third-order valence-corrected chi connectivity index (χ3v) is 5.40. The van der Waals surface area contributed by atoms with Crippen LogP contribution in [0.3, 0.4) is 0 Å². The number of carbonyl (C=O) groups excluding carboxylic acids is 1. The van der Waals surface area contributed by atoms with Crippen molar-refractivity contribution < 1.29 is 9.32 Å². The number of rotatable bonds is 4. The summed E-state index contributed by atoms with van der Waals surface area (Å²) in [5.41, 5.74) is 2.15. The summed E-state index contributed by atoms with van der Waals surface area (Å²) in [7, 11) is 0. The Balaban J connectivity index is 1.49. The Labute approximate surface area is 146 Å². The van der Waals surface area contributed by atoms with Gasteiger partial charge in [-0.05, 0) is 32.4 Å². The fourth-order valence-electron chi connectivity index (χ4n) is 3.09. The molecule has 0 aromatic carbocycles. The predicted octanol–water partition coefficient (Wildman–Crippen LogP) is 2.94. The summed E-state index contributed by atoms with van der Waals surface area (Å²) in [5.74, 6) is 0. The van der Waals surface area contributed by atoms with Crippen LogP contribution in [0.25, 0.3) is 0 Å². The molecule has 1 atom stereocenters. The predicted molar refractivity (Wildman–Crippen MR) is 94.1 cm³/mol. The van der Waals surface area contributed by atoms with Crippen molar-refractivity contribution in [2.45, 2.75) is 33.4 Å². The number of nitrogens with one attached hydrogen (secondary N) is 1. The SMILES string of the molecule is Cc1cc([C@@H](C)NC(=O)N2CCN(Cc3ccon3)CC2)c(C)s1. The maximum Gasteiger partial charge on any atom is 0.317 e. The van der Waals surface area contributed by atoms with E-state index in [1.807, 2.05) is 17.9 Å². The van der Waals surface area contributed by atoms with Crippen LogP contribution < -0.4 is 5.32 Å². The molecule has 1 aliphatic rings. The highest BCUT2D eigenvalue weighted by Gasteiger charge is 2.23. The third kappa shape index (κ3) is 3.96. The van der Waals surface area contributed by atoms with Crippen LogP contribution in [0, 0.1) is 13.8 Å². The average Bonchev–Trinajstić information content (AvgIpc) is 3.17. The number of hydrogen-bond acceptors (Lipinski definition) is 5. The number of urea groups is 1. The van der Waals surface area contributed by atoms with Gasteiger partial charge in [0.05, 0.1) is 11.7 Å². The first-order valence-electron chi connectivity index (χ1n) is 8.27. The molecule has 3 rings (SSSR count). The highest BCUT2D eigenvalue weighted by atomic mass is 32.1. The molecule has 0 saturated carbocycles. The van der Waals surface area contributed by atoms with Gasteiger partial charge in [-0.25, -0.2) is 4.79 Å². The monoisotopic (exact) mass is 348 g/mol. The van der Waals surface area contributed by atoms with E-state index in [1.165, 1.54) is 15.3 Å². The van der Waals surface area contributed by atoms with Crippen LogP contribution in [0.1, 0.15) is 34.0 Å². The Morgan fingerprint density at radius 2 is 2.12 bits per heavy atom. The molecule has 7 heteroatoms. The van der Waals surface area contributed by atoms with E-state index in [1.54, 1.807) is 17.6 Å². The number of thiophene rings is 1. The second kappa shape index (κ2) is 7.36. The summed E-state index contributed by atoms with van der Waals surface area (Å²) in [6.45, 7) is 10.2. The van der Waals surface area contributed by atoms with Crippen molar-refractivity contribution in [3.8, 4) is 0 Å². The lowest BCUT2D eigenvalue weighted by molar-refractivity contribution is 0.132. The van der Waals surface area contributed by atoms with Crippen molar-refractivity contribution in [2.24, 2.45) is 0 Å². The zero-order valence-corrected chi connectivity index (χ0v) is 15.2. The van der Waals surface area contributed by atoms with Crippen LogP contribution in [0.2, 0.25) is 0 Å². The van der Waals surface area contributed by atoms with Gasteiger partial charge in [-0.3, -0.25) is 4.90 Å². The van der Waals surface area contributed by atoms with Gasteiger partial charge in [0, 0.05) is 48.5 Å². The Morgan fingerprint density at radius 1 is 1.38 bits per heavy atom. The molecule has 6 nitrogen and oxygen atoms in total. The minimum absolute atomic E-state index is 0.0202. The molecule has 1 N–H and O–H groups in total. The average molecular weight is 348 g/mol. The number of amides is 2. The van der Waals surface area contributed by atoms with Gasteiger partial charge in [0.15, 0.2) is 0 Å². The van der Waals surface area contributed by atoms with Gasteiger partial charge in [-0.1, -0.05) is 5.16 Å². The van der Waals surface area contributed by atoms with Gasteiger partial charge in [-0.15, -0.1) is 11.3 Å². The Bertz CT molecular complexity index is 675. The lowest BCUT2D eigenvalue weighted by Crippen LogP contribution is -2.51. The van der Waals surface area contributed by atoms with Crippen molar-refractivity contribution in [3.63, 3.8) is 0 Å². The summed E-state index contributed by atoms with van der Waals surface area (Å²) in [6.07, 6.45) is 1.59. The maximum atomic E-state index is 12.5. The zero-order chi connectivity index (χ0) is 17.1. The highest BCUT2D eigenvalue weighted by Crippen LogP contribution is 2.26. The van der Waals surface area contributed by atoms with Gasteiger partial charge >= 0.3 is 6.03 Å². The molecule has 0 radical (unpaired) electrons. The lowest BCUT2D eigenvalue weighted by Gasteiger charge is -2.34. The van der Waals surface area contributed by atoms with E-state index in [-0.39, 0.29) is 12.1 Å². The topological polar surface area (TPSA) is 61.6 Å². The van der Waals surface area contributed by atoms with Crippen molar-refractivity contribution in [3.05, 3.63) is 39.4 Å². The van der Waals surface area contributed by atoms with E-state index in [2.05, 4.69) is 35.3 Å². The first kappa shape index (κ1) is 17.0. The molecule has 2 amide bonds. The van der Waals surface area contributed by atoms with Crippen LogP contribution >= 0.6 is 11.3 Å². The van der Waals surface area contributed by atoms with Crippen molar-refractivity contribution in [1.82, 2.24) is 20.3 Å². The molecular formula is C17H24N4O2S. The minimum Gasteiger partial charge on any atom is -0.364 e. The second-order valence-electron chi connectivity index (χ2n) is 6.29. The van der Waals surface area contributed by atoms with E-state index in [0.29, 0.717) is 0 Å². The van der Waals surface area contributed by atoms with E-state index in [9.17, 15) is 4.79 Å². The molecular weight excluding hydrogens is 324 g/mol. The molecule has 3 heterocycles. The summed E-state index contributed by atoms with van der Waals surface area (Å²) in [5, 5.41) is 7.07. The summed E-state index contributed by atoms with van der Waals surface area (Å²) in [6, 6.07) is 4.11. The Kier molecular flexibility index (Phi) is 5.20. The number of aromatic nitrogens is 1. The number of piperazine rings is 1. The van der Waals surface area contributed by atoms with E-state index >= 15 is 0 Å². The minimum atomic E-state index is 0.0202. The van der Waals surface area contributed by atoms with Crippen LogP contribution in [0.15, 0.2) is 22.9 Å². The van der Waals surface area contributed by atoms with Crippen LogP contribution in [0.5, 0.6) is 0 Å². The molecule has 0 aliphatic carbocycles. The molecule has 0 spiro atoms. The number of nitrogens with zero attached hydrogens (tertiary/aromatic N) is 3. The molecule has 1 fully saturated rings. The fourth-order valence-corrected chi connectivity index (χ4v) is 4.11. The van der Waals surface area contributed by atoms with Gasteiger partial charge in [0.25, 0.3) is 0 Å². The fraction of sp³-hybridized carbons (Fsp3) is 0.529. The number of aryl methyl sites for hydroxylation is 2. The van der Waals surface area contributed by atoms with Gasteiger partial charge in [0.1, 0.15) is 6.26 Å². The second-order valence-corrected chi connectivity index (χ2v) is 7.75. The van der Waals surface area contributed by atoms with Crippen molar-refractivity contribution in [1.29, 1.82) is 0 Å². The molecule has 2 aromatic heterocycles. The van der Waals surface area contributed by atoms with Crippen LogP contribution in [-0.4, -0.2) is 47.2 Å². The number of hydrogen-bond donors (Lipinski definition) is 1. The summed E-state index contributed by atoms with van der Waals surface area (Å²) in [4.78, 5) is 19.2. The van der Waals surface area contributed by atoms with Gasteiger partial charge in [0.2, 0.25) is 0 Å². The van der Waals surface area contributed by atoms with Crippen molar-refractivity contribution >= 4 is 17.4 Å². The van der Waals surface area contributed by atoms with E-state index < -0.39 is 0 Å². The van der Waals surface area contributed by atoms with Gasteiger partial charge < -0.3 is 14.7 Å². The third-order valence-electron chi connectivity index (χ3n) is 4.42. The highest BCUT2D eigenvalue weighted by molar-refractivity contribution is 7.12. The van der Waals surface area contributed by atoms with Crippen LogP contribution in [0.4, 0.5) is 4.79 Å². The lowest BCUT2D eigenvalue weighted by atomic mass is 10.1.